The number of pyridine rings is 1. The zero-order valence-corrected chi connectivity index (χ0v) is 17.4. The minimum Gasteiger partial charge on any atom is -0.377 e. The fourth-order valence-corrected chi connectivity index (χ4v) is 3.62. The van der Waals surface area contributed by atoms with Gasteiger partial charge in [0, 0.05) is 44.9 Å². The van der Waals surface area contributed by atoms with Gasteiger partial charge in [0.05, 0.1) is 12.2 Å². The lowest BCUT2D eigenvalue weighted by Crippen LogP contribution is -2.46. The van der Waals surface area contributed by atoms with Crippen molar-refractivity contribution in [1.29, 1.82) is 0 Å². The number of ether oxygens (including phenoxy) is 1. The molecule has 0 fully saturated rings. The normalized spacial score (nSPS) is 16.2. The van der Waals surface area contributed by atoms with Crippen molar-refractivity contribution in [2.75, 3.05) is 14.2 Å². The van der Waals surface area contributed by atoms with Crippen LogP contribution in [0.5, 0.6) is 0 Å². The van der Waals surface area contributed by atoms with Gasteiger partial charge in [-0.3, -0.25) is 9.98 Å². The van der Waals surface area contributed by atoms with Gasteiger partial charge in [-0.1, -0.05) is 24.3 Å². The van der Waals surface area contributed by atoms with E-state index in [9.17, 15) is 0 Å². The Morgan fingerprint density at radius 2 is 2.20 bits per heavy atom. The SMILES string of the molecule is CN=C(NCc1cccc(-c2ccccn2)c1)NC1CCc2nc(COC)nn2C1. The van der Waals surface area contributed by atoms with Gasteiger partial charge in [0.1, 0.15) is 12.4 Å². The summed E-state index contributed by atoms with van der Waals surface area (Å²) >= 11 is 0. The monoisotopic (exact) mass is 405 g/mol. The van der Waals surface area contributed by atoms with Gasteiger partial charge in [-0.2, -0.15) is 5.10 Å². The topological polar surface area (TPSA) is 89.2 Å². The molecule has 3 heterocycles. The van der Waals surface area contributed by atoms with Crippen molar-refractivity contribution in [3.63, 3.8) is 0 Å². The number of nitrogens with one attached hydrogen (secondary N) is 2. The number of methoxy groups -OCH3 is 1. The van der Waals surface area contributed by atoms with E-state index in [1.165, 1.54) is 5.56 Å². The molecule has 1 aromatic carbocycles. The molecule has 156 valence electrons. The van der Waals surface area contributed by atoms with Crippen LogP contribution < -0.4 is 10.6 Å². The summed E-state index contributed by atoms with van der Waals surface area (Å²) in [6, 6.07) is 14.6. The first-order valence-corrected chi connectivity index (χ1v) is 10.1. The van der Waals surface area contributed by atoms with Crippen LogP contribution in [0.3, 0.4) is 0 Å². The summed E-state index contributed by atoms with van der Waals surface area (Å²) in [5, 5.41) is 11.5. The molecule has 0 saturated heterocycles. The van der Waals surface area contributed by atoms with Gasteiger partial charge in [-0.25, -0.2) is 9.67 Å². The zero-order chi connectivity index (χ0) is 20.8. The summed E-state index contributed by atoms with van der Waals surface area (Å²) in [6.45, 7) is 1.89. The molecule has 8 nitrogen and oxygen atoms in total. The summed E-state index contributed by atoms with van der Waals surface area (Å²) in [6.07, 6.45) is 3.69. The average molecular weight is 406 g/mol. The largest absolute Gasteiger partial charge is 0.377 e. The van der Waals surface area contributed by atoms with Crippen molar-refractivity contribution < 1.29 is 4.74 Å². The standard InChI is InChI=1S/C22H27N7O/c1-23-22(26-18-9-10-21-27-20(15-30-2)28-29(21)14-18)25-13-16-6-5-7-17(12-16)19-8-3-4-11-24-19/h3-8,11-12,18H,9-10,13-15H2,1-2H3,(H2,23,25,26). The molecule has 0 saturated carbocycles. The van der Waals surface area contributed by atoms with Crippen LogP contribution >= 0.6 is 0 Å². The number of hydrogen-bond acceptors (Lipinski definition) is 5. The van der Waals surface area contributed by atoms with Crippen molar-refractivity contribution in [2.24, 2.45) is 4.99 Å². The molecule has 30 heavy (non-hydrogen) atoms. The third kappa shape index (κ3) is 4.83. The Morgan fingerprint density at radius 3 is 3.00 bits per heavy atom. The smallest absolute Gasteiger partial charge is 0.191 e. The number of benzene rings is 1. The fourth-order valence-electron chi connectivity index (χ4n) is 3.62. The Kier molecular flexibility index (Phi) is 6.34. The lowest BCUT2D eigenvalue weighted by molar-refractivity contribution is 0.177. The molecule has 3 aromatic rings. The molecule has 2 aromatic heterocycles. The molecule has 1 aliphatic heterocycles. The van der Waals surface area contributed by atoms with Gasteiger partial charge in [0.25, 0.3) is 0 Å². The van der Waals surface area contributed by atoms with E-state index >= 15 is 0 Å². The van der Waals surface area contributed by atoms with Crippen molar-refractivity contribution in [3.8, 4) is 11.3 Å². The number of aryl methyl sites for hydroxylation is 1. The maximum Gasteiger partial charge on any atom is 0.191 e. The van der Waals surface area contributed by atoms with Crippen LogP contribution in [0.4, 0.5) is 0 Å². The van der Waals surface area contributed by atoms with Crippen molar-refractivity contribution in [3.05, 3.63) is 65.9 Å². The zero-order valence-electron chi connectivity index (χ0n) is 17.4. The highest BCUT2D eigenvalue weighted by Crippen LogP contribution is 2.18. The second-order valence-electron chi connectivity index (χ2n) is 7.28. The van der Waals surface area contributed by atoms with Gasteiger partial charge in [-0.15, -0.1) is 0 Å². The first-order chi connectivity index (χ1) is 14.7. The first-order valence-electron chi connectivity index (χ1n) is 10.1. The van der Waals surface area contributed by atoms with Gasteiger partial charge < -0.3 is 15.4 Å². The van der Waals surface area contributed by atoms with Gasteiger partial charge in [-0.05, 0) is 30.2 Å². The van der Waals surface area contributed by atoms with Crippen LogP contribution in [-0.2, 0) is 30.9 Å². The maximum atomic E-state index is 5.14. The second kappa shape index (κ2) is 9.49. The number of nitrogens with zero attached hydrogens (tertiary/aromatic N) is 5. The third-order valence-corrected chi connectivity index (χ3v) is 5.09. The third-order valence-electron chi connectivity index (χ3n) is 5.09. The number of fused-ring (bicyclic) bond motifs is 1. The predicted molar refractivity (Wildman–Crippen MR) is 116 cm³/mol. The molecule has 0 aliphatic carbocycles. The summed E-state index contributed by atoms with van der Waals surface area (Å²) in [4.78, 5) is 13.3. The summed E-state index contributed by atoms with van der Waals surface area (Å²) < 4.78 is 7.11. The fraction of sp³-hybridized carbons (Fsp3) is 0.364. The Hall–Kier alpha value is -3.26. The van der Waals surface area contributed by atoms with Gasteiger partial charge >= 0.3 is 0 Å². The van der Waals surface area contributed by atoms with Crippen molar-refractivity contribution >= 4 is 5.96 Å². The van der Waals surface area contributed by atoms with E-state index in [4.69, 9.17) is 4.74 Å². The molecule has 0 bridgehead atoms. The minimum absolute atomic E-state index is 0.251. The Labute approximate surface area is 176 Å². The highest BCUT2D eigenvalue weighted by molar-refractivity contribution is 5.80. The quantitative estimate of drug-likeness (QED) is 0.483. The van der Waals surface area contributed by atoms with E-state index < -0.39 is 0 Å². The van der Waals surface area contributed by atoms with Crippen LogP contribution in [0, 0.1) is 0 Å². The molecular formula is C22H27N7O. The van der Waals surface area contributed by atoms with Crippen LogP contribution in [-0.4, -0.2) is 45.9 Å². The van der Waals surface area contributed by atoms with Gasteiger partial charge in [0.2, 0.25) is 0 Å². The average Bonchev–Trinajstić information content (AvgIpc) is 3.19. The summed E-state index contributed by atoms with van der Waals surface area (Å²) in [7, 11) is 3.45. The van der Waals surface area contributed by atoms with E-state index in [1.807, 2.05) is 29.1 Å². The van der Waals surface area contributed by atoms with E-state index in [0.717, 1.165) is 48.3 Å². The highest BCUT2D eigenvalue weighted by atomic mass is 16.5. The van der Waals surface area contributed by atoms with Crippen molar-refractivity contribution in [2.45, 2.75) is 38.6 Å². The lowest BCUT2D eigenvalue weighted by Gasteiger charge is -2.25. The molecule has 2 N–H and O–H groups in total. The first kappa shape index (κ1) is 20.0. The Balaban J connectivity index is 1.34. The molecule has 1 unspecified atom stereocenters. The molecule has 0 radical (unpaired) electrons. The molecule has 1 aliphatic rings. The number of aromatic nitrogens is 4. The van der Waals surface area contributed by atoms with E-state index in [0.29, 0.717) is 13.2 Å². The Morgan fingerprint density at radius 1 is 1.27 bits per heavy atom. The van der Waals surface area contributed by atoms with E-state index in [-0.39, 0.29) is 6.04 Å². The molecule has 0 amide bonds. The molecular weight excluding hydrogens is 378 g/mol. The molecule has 4 rings (SSSR count). The van der Waals surface area contributed by atoms with E-state index in [2.05, 4.69) is 55.0 Å². The van der Waals surface area contributed by atoms with Crippen LogP contribution in [0.25, 0.3) is 11.3 Å². The summed E-state index contributed by atoms with van der Waals surface area (Å²) in [5.74, 6) is 2.54. The number of aliphatic imine (C=N–C) groups is 1. The van der Waals surface area contributed by atoms with E-state index in [1.54, 1.807) is 14.2 Å². The number of hydrogen-bond donors (Lipinski definition) is 2. The van der Waals surface area contributed by atoms with Crippen LogP contribution in [0.2, 0.25) is 0 Å². The number of guanidine groups is 1. The highest BCUT2D eigenvalue weighted by Gasteiger charge is 2.22. The lowest BCUT2D eigenvalue weighted by atomic mass is 10.1. The molecule has 1 atom stereocenters. The number of rotatable bonds is 6. The predicted octanol–water partition coefficient (Wildman–Crippen LogP) is 2.17. The second-order valence-corrected chi connectivity index (χ2v) is 7.28. The van der Waals surface area contributed by atoms with Gasteiger partial charge in [0.15, 0.2) is 11.8 Å². The molecule has 8 heteroatoms. The maximum absolute atomic E-state index is 5.14. The van der Waals surface area contributed by atoms with Crippen LogP contribution in [0.1, 0.15) is 23.6 Å². The van der Waals surface area contributed by atoms with Crippen molar-refractivity contribution in [1.82, 2.24) is 30.4 Å². The Bertz CT molecular complexity index is 1000. The molecule has 0 spiro atoms. The summed E-state index contributed by atoms with van der Waals surface area (Å²) in [5.41, 5.74) is 3.25. The minimum atomic E-state index is 0.251. The van der Waals surface area contributed by atoms with Crippen LogP contribution in [0.15, 0.2) is 53.7 Å².